The molecule has 0 bridgehead atoms. The smallest absolute Gasteiger partial charge is 0.257 e. The SMILES string of the molecule is CC1(C)CN(C(=O)c2cncnc2)CC2(CN(Cc3cnsn3)C2)O1. The van der Waals surface area contributed by atoms with Crippen LogP contribution in [0.3, 0.4) is 0 Å². The predicted octanol–water partition coefficient (Wildman–Crippen LogP) is 0.834. The molecule has 0 aromatic carbocycles. The maximum atomic E-state index is 12.8. The predicted molar refractivity (Wildman–Crippen MR) is 91.0 cm³/mol. The van der Waals surface area contributed by atoms with Crippen molar-refractivity contribution in [1.82, 2.24) is 28.5 Å². The number of carbonyl (C=O) groups excluding carboxylic acids is 1. The Balaban J connectivity index is 1.46. The van der Waals surface area contributed by atoms with Crippen molar-refractivity contribution in [2.75, 3.05) is 26.2 Å². The lowest BCUT2D eigenvalue weighted by Crippen LogP contribution is -2.73. The number of nitrogens with zero attached hydrogens (tertiary/aromatic N) is 6. The van der Waals surface area contributed by atoms with Gasteiger partial charge in [-0.2, -0.15) is 8.75 Å². The molecule has 1 amide bonds. The topological polar surface area (TPSA) is 84.3 Å². The molecule has 132 valence electrons. The van der Waals surface area contributed by atoms with Crippen LogP contribution < -0.4 is 0 Å². The molecule has 2 aliphatic heterocycles. The minimum absolute atomic E-state index is 0.0431. The molecule has 4 rings (SSSR count). The summed E-state index contributed by atoms with van der Waals surface area (Å²) in [6.07, 6.45) is 6.35. The lowest BCUT2D eigenvalue weighted by atomic mass is 9.88. The molecule has 2 aromatic heterocycles. The Morgan fingerprint density at radius 3 is 2.64 bits per heavy atom. The molecule has 0 aliphatic carbocycles. The van der Waals surface area contributed by atoms with Gasteiger partial charge in [-0.25, -0.2) is 9.97 Å². The van der Waals surface area contributed by atoms with Gasteiger partial charge in [-0.05, 0) is 13.8 Å². The number of carbonyl (C=O) groups is 1. The summed E-state index contributed by atoms with van der Waals surface area (Å²) in [4.78, 5) is 24.9. The lowest BCUT2D eigenvalue weighted by Gasteiger charge is -2.58. The standard InChI is InChI=1S/C16H20N6O2S/c1-15(2)7-22(14(23)12-3-17-11-18-4-12)10-16(24-15)8-21(9-16)6-13-5-19-25-20-13/h3-5,11H,6-10H2,1-2H3. The van der Waals surface area contributed by atoms with E-state index >= 15 is 0 Å². The summed E-state index contributed by atoms with van der Waals surface area (Å²) in [7, 11) is 0. The Bertz CT molecular complexity index is 745. The summed E-state index contributed by atoms with van der Waals surface area (Å²) >= 11 is 1.22. The molecule has 9 heteroatoms. The number of hydrogen-bond acceptors (Lipinski definition) is 8. The molecule has 4 heterocycles. The van der Waals surface area contributed by atoms with E-state index in [1.807, 2.05) is 18.7 Å². The van der Waals surface area contributed by atoms with Gasteiger partial charge in [0.05, 0.1) is 41.3 Å². The van der Waals surface area contributed by atoms with Crippen molar-refractivity contribution in [3.05, 3.63) is 36.2 Å². The van der Waals surface area contributed by atoms with Crippen molar-refractivity contribution >= 4 is 17.6 Å². The number of hydrogen-bond donors (Lipinski definition) is 0. The average molecular weight is 360 g/mol. The summed E-state index contributed by atoms with van der Waals surface area (Å²) < 4.78 is 14.7. The van der Waals surface area contributed by atoms with Crippen molar-refractivity contribution in [2.45, 2.75) is 31.6 Å². The van der Waals surface area contributed by atoms with Crippen molar-refractivity contribution < 1.29 is 9.53 Å². The summed E-state index contributed by atoms with van der Waals surface area (Å²) in [6.45, 7) is 7.52. The zero-order valence-corrected chi connectivity index (χ0v) is 15.1. The van der Waals surface area contributed by atoms with E-state index in [1.54, 1.807) is 18.6 Å². The molecular formula is C16H20N6O2S. The Morgan fingerprint density at radius 2 is 1.96 bits per heavy atom. The molecule has 0 radical (unpaired) electrons. The first-order valence-electron chi connectivity index (χ1n) is 8.18. The van der Waals surface area contributed by atoms with Gasteiger partial charge in [0, 0.05) is 38.6 Å². The van der Waals surface area contributed by atoms with Crippen LogP contribution in [-0.4, -0.2) is 71.8 Å². The second kappa shape index (κ2) is 6.08. The van der Waals surface area contributed by atoms with Gasteiger partial charge in [0.2, 0.25) is 0 Å². The third-order valence-corrected chi connectivity index (χ3v) is 4.97. The highest BCUT2D eigenvalue weighted by Gasteiger charge is 2.52. The van der Waals surface area contributed by atoms with E-state index in [0.717, 1.165) is 25.3 Å². The Morgan fingerprint density at radius 1 is 1.20 bits per heavy atom. The van der Waals surface area contributed by atoms with E-state index in [-0.39, 0.29) is 11.5 Å². The fraction of sp³-hybridized carbons (Fsp3) is 0.562. The number of ether oxygens (including phenoxy) is 1. The summed E-state index contributed by atoms with van der Waals surface area (Å²) in [6, 6.07) is 0. The molecule has 0 saturated carbocycles. The van der Waals surface area contributed by atoms with Crippen LogP contribution >= 0.6 is 11.7 Å². The van der Waals surface area contributed by atoms with Crippen LogP contribution in [0.25, 0.3) is 0 Å². The zero-order chi connectivity index (χ0) is 17.5. The van der Waals surface area contributed by atoms with E-state index in [9.17, 15) is 4.79 Å². The second-order valence-corrected chi connectivity index (χ2v) is 7.93. The van der Waals surface area contributed by atoms with Crippen molar-refractivity contribution in [2.24, 2.45) is 0 Å². The fourth-order valence-electron chi connectivity index (χ4n) is 3.78. The van der Waals surface area contributed by atoms with Gasteiger partial charge in [0.15, 0.2) is 0 Å². The number of amides is 1. The normalized spacial score (nSPS) is 21.9. The van der Waals surface area contributed by atoms with E-state index in [0.29, 0.717) is 18.7 Å². The van der Waals surface area contributed by atoms with Gasteiger partial charge in [0.25, 0.3) is 5.91 Å². The summed E-state index contributed by atoms with van der Waals surface area (Å²) in [5.41, 5.74) is 0.776. The maximum Gasteiger partial charge on any atom is 0.257 e. The average Bonchev–Trinajstić information content (AvgIpc) is 3.05. The van der Waals surface area contributed by atoms with Gasteiger partial charge in [-0.3, -0.25) is 9.69 Å². The maximum absolute atomic E-state index is 12.8. The molecule has 8 nitrogen and oxygen atoms in total. The van der Waals surface area contributed by atoms with E-state index < -0.39 is 5.60 Å². The number of likely N-dealkylation sites (tertiary alicyclic amines) is 1. The van der Waals surface area contributed by atoms with Crippen molar-refractivity contribution in [1.29, 1.82) is 0 Å². The first-order valence-corrected chi connectivity index (χ1v) is 8.91. The highest BCUT2D eigenvalue weighted by atomic mass is 32.1. The Labute approximate surface area is 150 Å². The van der Waals surface area contributed by atoms with Crippen LogP contribution in [-0.2, 0) is 11.3 Å². The van der Waals surface area contributed by atoms with Gasteiger partial charge in [-0.15, -0.1) is 0 Å². The third-order valence-electron chi connectivity index (χ3n) is 4.45. The Hall–Kier alpha value is -1.97. The van der Waals surface area contributed by atoms with Crippen molar-refractivity contribution in [3.63, 3.8) is 0 Å². The first kappa shape index (κ1) is 16.5. The van der Waals surface area contributed by atoms with Gasteiger partial charge in [-0.1, -0.05) is 0 Å². The van der Waals surface area contributed by atoms with Crippen LogP contribution in [0.4, 0.5) is 0 Å². The van der Waals surface area contributed by atoms with Gasteiger partial charge in [0.1, 0.15) is 11.9 Å². The van der Waals surface area contributed by atoms with Gasteiger partial charge >= 0.3 is 0 Å². The zero-order valence-electron chi connectivity index (χ0n) is 14.3. The van der Waals surface area contributed by atoms with E-state index in [4.69, 9.17) is 4.74 Å². The van der Waals surface area contributed by atoms with Crippen LogP contribution in [0.5, 0.6) is 0 Å². The molecule has 1 spiro atoms. The molecule has 2 aromatic rings. The number of rotatable bonds is 3. The third kappa shape index (κ3) is 3.39. The van der Waals surface area contributed by atoms with E-state index in [1.165, 1.54) is 18.1 Å². The summed E-state index contributed by atoms with van der Waals surface area (Å²) in [5.74, 6) is -0.0431. The van der Waals surface area contributed by atoms with Crippen LogP contribution in [0.2, 0.25) is 0 Å². The van der Waals surface area contributed by atoms with Gasteiger partial charge < -0.3 is 9.64 Å². The molecule has 25 heavy (non-hydrogen) atoms. The summed E-state index contributed by atoms with van der Waals surface area (Å²) in [5, 5.41) is 0. The second-order valence-electron chi connectivity index (χ2n) is 7.38. The Kier molecular flexibility index (Phi) is 4.01. The largest absolute Gasteiger partial charge is 0.363 e. The highest BCUT2D eigenvalue weighted by molar-refractivity contribution is 6.99. The minimum atomic E-state index is -0.391. The molecule has 0 unspecified atom stereocenters. The first-order chi connectivity index (χ1) is 11.9. The quantitative estimate of drug-likeness (QED) is 0.802. The van der Waals surface area contributed by atoms with E-state index in [2.05, 4.69) is 23.6 Å². The van der Waals surface area contributed by atoms with Crippen LogP contribution in [0.1, 0.15) is 29.9 Å². The number of aromatic nitrogens is 4. The fourth-order valence-corrected chi connectivity index (χ4v) is 4.20. The molecule has 2 fully saturated rings. The highest BCUT2D eigenvalue weighted by Crippen LogP contribution is 2.36. The monoisotopic (exact) mass is 360 g/mol. The molecular weight excluding hydrogens is 340 g/mol. The number of morpholine rings is 1. The minimum Gasteiger partial charge on any atom is -0.363 e. The van der Waals surface area contributed by atoms with Crippen LogP contribution in [0, 0.1) is 0 Å². The van der Waals surface area contributed by atoms with Crippen molar-refractivity contribution in [3.8, 4) is 0 Å². The molecule has 2 saturated heterocycles. The molecule has 0 N–H and O–H groups in total. The lowest BCUT2D eigenvalue weighted by molar-refractivity contribution is -0.242. The molecule has 0 atom stereocenters. The molecule has 2 aliphatic rings. The van der Waals surface area contributed by atoms with Crippen LogP contribution in [0.15, 0.2) is 24.9 Å².